The second-order valence-corrected chi connectivity index (χ2v) is 15.7. The van der Waals surface area contributed by atoms with Crippen molar-refractivity contribution in [2.75, 3.05) is 14.2 Å². The Kier molecular flexibility index (Phi) is 8.84. The first-order valence-electron chi connectivity index (χ1n) is 12.4. The molecule has 0 bridgehead atoms. The first-order chi connectivity index (χ1) is 17.5. The summed E-state index contributed by atoms with van der Waals surface area (Å²) in [6.45, 7) is 9.23. The van der Waals surface area contributed by atoms with Crippen LogP contribution in [0.1, 0.15) is 39.2 Å². The Hall–Kier alpha value is -2.66. The van der Waals surface area contributed by atoms with Crippen LogP contribution in [0.5, 0.6) is 11.5 Å². The van der Waals surface area contributed by atoms with Gasteiger partial charge in [0.1, 0.15) is 11.5 Å². The summed E-state index contributed by atoms with van der Waals surface area (Å²) in [5.74, 6) is 2.19. The minimum atomic E-state index is -0.645. The van der Waals surface area contributed by atoms with Crippen LogP contribution in [0.15, 0.2) is 91.0 Å². The Morgan fingerprint density at radius 1 is 0.667 bits per heavy atom. The van der Waals surface area contributed by atoms with Crippen molar-refractivity contribution < 1.29 is 9.47 Å². The van der Waals surface area contributed by atoms with Gasteiger partial charge in [-0.1, -0.05) is 107 Å². The maximum atomic E-state index is 5.95. The second kappa shape index (κ2) is 12.1. The zero-order chi connectivity index (χ0) is 25.7. The molecule has 0 amide bonds. The Bertz CT molecular complexity index is 1270. The van der Waals surface area contributed by atoms with E-state index in [1.807, 2.05) is 18.2 Å². The summed E-state index contributed by atoms with van der Waals surface area (Å²) in [4.78, 5) is 0. The molecular weight excluding hydrogens is 478 g/mol. The van der Waals surface area contributed by atoms with E-state index in [9.17, 15) is 0 Å². The molecular formula is C32H35O2P2. The van der Waals surface area contributed by atoms with Crippen molar-refractivity contribution in [2.45, 2.75) is 39.3 Å². The maximum absolute atomic E-state index is 5.95. The monoisotopic (exact) mass is 513 g/mol. The van der Waals surface area contributed by atoms with Crippen LogP contribution in [0.3, 0.4) is 0 Å². The fourth-order valence-electron chi connectivity index (χ4n) is 4.50. The zero-order valence-electron chi connectivity index (χ0n) is 22.0. The van der Waals surface area contributed by atoms with Crippen molar-refractivity contribution in [1.82, 2.24) is 0 Å². The van der Waals surface area contributed by atoms with Crippen LogP contribution in [0, 0.1) is 6.07 Å². The third-order valence-corrected chi connectivity index (χ3v) is 14.8. The van der Waals surface area contributed by atoms with Gasteiger partial charge in [0, 0.05) is 11.1 Å². The van der Waals surface area contributed by atoms with Crippen LogP contribution >= 0.6 is 15.2 Å². The molecule has 0 heterocycles. The van der Waals surface area contributed by atoms with E-state index in [0.717, 1.165) is 22.6 Å². The summed E-state index contributed by atoms with van der Waals surface area (Å²) in [6.07, 6.45) is 0. The molecule has 4 aromatic carbocycles. The van der Waals surface area contributed by atoms with Gasteiger partial charge in [0.25, 0.3) is 0 Å². The van der Waals surface area contributed by atoms with Crippen LogP contribution in [0.4, 0.5) is 0 Å². The first-order valence-corrected chi connectivity index (χ1v) is 15.9. The highest BCUT2D eigenvalue weighted by molar-refractivity contribution is 8.39. The highest BCUT2D eigenvalue weighted by Gasteiger charge is 2.32. The third-order valence-electron chi connectivity index (χ3n) is 6.27. The average Bonchev–Trinajstić information content (AvgIpc) is 2.91. The van der Waals surface area contributed by atoms with Crippen LogP contribution in [0.2, 0.25) is 0 Å². The molecule has 2 atom stereocenters. The standard InChI is InChI=1S/C32H35O2P2/c1-23(2)25-19-21-27(22-20-25)36(26-13-8-7-9-14-26)35(24(3)4)31-18-12-17-30(34-6)32(31)28-15-10-11-16-29(28)33-5/h7-14,16-24H,1-6H3/t35?,36-/m0/s1. The van der Waals surface area contributed by atoms with E-state index in [4.69, 9.17) is 9.47 Å². The van der Waals surface area contributed by atoms with Crippen LogP contribution in [0.25, 0.3) is 11.1 Å². The maximum Gasteiger partial charge on any atom is 0.127 e. The van der Waals surface area contributed by atoms with Crippen molar-refractivity contribution in [3.63, 3.8) is 0 Å². The molecule has 1 unspecified atom stereocenters. The molecule has 4 rings (SSSR count). The van der Waals surface area contributed by atoms with E-state index in [2.05, 4.69) is 107 Å². The van der Waals surface area contributed by atoms with E-state index in [1.54, 1.807) is 14.2 Å². The van der Waals surface area contributed by atoms with Crippen LogP contribution in [-0.2, 0) is 0 Å². The summed E-state index contributed by atoms with van der Waals surface area (Å²) in [7, 11) is 2.20. The number of methoxy groups -OCH3 is 2. The average molecular weight is 514 g/mol. The fraction of sp³-hybridized carbons (Fsp3) is 0.250. The molecule has 0 aromatic heterocycles. The first kappa shape index (κ1) is 26.4. The Morgan fingerprint density at radius 2 is 1.31 bits per heavy atom. The number of rotatable bonds is 9. The SMILES string of the molecule is COc1ccc[c]c1-c1c(OC)cccc1P(C(C)C)[P@@](c1ccccc1)c1ccc(C(C)C)cc1. The smallest absolute Gasteiger partial charge is 0.127 e. The van der Waals surface area contributed by atoms with Gasteiger partial charge < -0.3 is 9.47 Å². The molecule has 36 heavy (non-hydrogen) atoms. The van der Waals surface area contributed by atoms with Gasteiger partial charge in [-0.15, -0.1) is 0 Å². The molecule has 185 valence electrons. The molecule has 1 radical (unpaired) electrons. The van der Waals surface area contributed by atoms with Crippen molar-refractivity contribution in [3.8, 4) is 22.6 Å². The lowest BCUT2D eigenvalue weighted by molar-refractivity contribution is 0.410. The van der Waals surface area contributed by atoms with Gasteiger partial charge >= 0.3 is 0 Å². The molecule has 0 aliphatic rings. The molecule has 2 nitrogen and oxygen atoms in total. The molecule has 0 saturated carbocycles. The number of benzene rings is 4. The van der Waals surface area contributed by atoms with Crippen molar-refractivity contribution in [2.24, 2.45) is 0 Å². The lowest BCUT2D eigenvalue weighted by Crippen LogP contribution is -2.20. The minimum Gasteiger partial charge on any atom is -0.496 e. The molecule has 4 heteroatoms. The minimum absolute atomic E-state index is 0.455. The fourth-order valence-corrected chi connectivity index (χ4v) is 12.9. The number of hydrogen-bond acceptors (Lipinski definition) is 2. The van der Waals surface area contributed by atoms with Crippen LogP contribution in [-0.4, -0.2) is 19.9 Å². The van der Waals surface area contributed by atoms with Crippen molar-refractivity contribution in [1.29, 1.82) is 0 Å². The quantitative estimate of drug-likeness (QED) is 0.212. The van der Waals surface area contributed by atoms with E-state index in [0.29, 0.717) is 11.6 Å². The summed E-state index contributed by atoms with van der Waals surface area (Å²) in [6, 6.07) is 36.3. The predicted molar refractivity (Wildman–Crippen MR) is 159 cm³/mol. The molecule has 0 aliphatic heterocycles. The van der Waals surface area contributed by atoms with Gasteiger partial charge in [-0.2, -0.15) is 0 Å². The molecule has 0 aliphatic carbocycles. The molecule has 4 aromatic rings. The highest BCUT2D eigenvalue weighted by atomic mass is 32.1. The Morgan fingerprint density at radius 3 is 1.92 bits per heavy atom. The van der Waals surface area contributed by atoms with Gasteiger partial charge in [0.15, 0.2) is 0 Å². The number of hydrogen-bond donors (Lipinski definition) is 0. The molecule has 0 fully saturated rings. The predicted octanol–water partition coefficient (Wildman–Crippen LogP) is 7.86. The highest BCUT2D eigenvalue weighted by Crippen LogP contribution is 2.70. The summed E-state index contributed by atoms with van der Waals surface area (Å²) >= 11 is 0. The molecule has 0 spiro atoms. The van der Waals surface area contributed by atoms with Gasteiger partial charge in [-0.3, -0.25) is 0 Å². The zero-order valence-corrected chi connectivity index (χ0v) is 23.8. The van der Waals surface area contributed by atoms with Crippen molar-refractivity contribution >= 4 is 31.1 Å². The van der Waals surface area contributed by atoms with E-state index >= 15 is 0 Å². The Labute approximate surface area is 219 Å². The molecule has 0 saturated heterocycles. The van der Waals surface area contributed by atoms with E-state index in [-0.39, 0.29) is 0 Å². The summed E-state index contributed by atoms with van der Waals surface area (Å²) < 4.78 is 11.7. The Balaban J connectivity index is 1.98. The lowest BCUT2D eigenvalue weighted by Gasteiger charge is -2.34. The normalized spacial score (nSPS) is 13.0. The van der Waals surface area contributed by atoms with E-state index in [1.165, 1.54) is 21.5 Å². The largest absolute Gasteiger partial charge is 0.496 e. The van der Waals surface area contributed by atoms with E-state index < -0.39 is 15.2 Å². The summed E-state index contributed by atoms with van der Waals surface area (Å²) in [5, 5.41) is 4.16. The van der Waals surface area contributed by atoms with Gasteiger partial charge in [0.2, 0.25) is 0 Å². The molecule has 0 N–H and O–H groups in total. The second-order valence-electron chi connectivity index (χ2n) is 9.30. The topological polar surface area (TPSA) is 18.5 Å². The van der Waals surface area contributed by atoms with Gasteiger partial charge in [0.05, 0.1) is 14.2 Å². The van der Waals surface area contributed by atoms with Crippen molar-refractivity contribution in [3.05, 3.63) is 103 Å². The van der Waals surface area contributed by atoms with Crippen LogP contribution < -0.4 is 25.4 Å². The number of ether oxygens (including phenoxy) is 2. The summed E-state index contributed by atoms with van der Waals surface area (Å²) in [5.41, 5.74) is 3.89. The lowest BCUT2D eigenvalue weighted by atomic mass is 10.0. The third kappa shape index (κ3) is 5.51. The van der Waals surface area contributed by atoms with Gasteiger partial charge in [-0.25, -0.2) is 0 Å². The van der Waals surface area contributed by atoms with Gasteiger partial charge in [-0.05, 0) is 66.5 Å².